The molecule has 6 heteroatoms. The SMILES string of the molecule is NC1(CN2CCN(CC(F)(F)F)CC2)CC1. The van der Waals surface area contributed by atoms with E-state index in [4.69, 9.17) is 5.73 Å². The highest BCUT2D eigenvalue weighted by molar-refractivity contribution is 5.01. The van der Waals surface area contributed by atoms with Gasteiger partial charge in [0.05, 0.1) is 6.54 Å². The van der Waals surface area contributed by atoms with Gasteiger partial charge in [-0.05, 0) is 12.8 Å². The fraction of sp³-hybridized carbons (Fsp3) is 1.00. The monoisotopic (exact) mass is 237 g/mol. The minimum atomic E-state index is -4.08. The van der Waals surface area contributed by atoms with Crippen LogP contribution in [0.15, 0.2) is 0 Å². The van der Waals surface area contributed by atoms with Crippen molar-refractivity contribution in [2.45, 2.75) is 24.6 Å². The molecular weight excluding hydrogens is 219 g/mol. The van der Waals surface area contributed by atoms with Gasteiger partial charge in [0.15, 0.2) is 0 Å². The summed E-state index contributed by atoms with van der Waals surface area (Å²) in [5, 5.41) is 0. The second kappa shape index (κ2) is 4.16. The second-order valence-corrected chi connectivity index (χ2v) is 5.03. The first-order valence-electron chi connectivity index (χ1n) is 5.67. The lowest BCUT2D eigenvalue weighted by Gasteiger charge is -2.36. The summed E-state index contributed by atoms with van der Waals surface area (Å²) >= 11 is 0. The summed E-state index contributed by atoms with van der Waals surface area (Å²) in [6, 6.07) is 0. The van der Waals surface area contributed by atoms with Crippen LogP contribution in [-0.2, 0) is 0 Å². The van der Waals surface area contributed by atoms with E-state index in [2.05, 4.69) is 4.90 Å². The second-order valence-electron chi connectivity index (χ2n) is 5.03. The van der Waals surface area contributed by atoms with Crippen molar-refractivity contribution in [3.8, 4) is 0 Å². The van der Waals surface area contributed by atoms with Crippen LogP contribution in [0, 0.1) is 0 Å². The summed E-state index contributed by atoms with van der Waals surface area (Å²) in [7, 11) is 0. The molecule has 1 aliphatic heterocycles. The fourth-order valence-electron chi connectivity index (χ4n) is 2.12. The van der Waals surface area contributed by atoms with E-state index in [1.165, 1.54) is 4.90 Å². The van der Waals surface area contributed by atoms with Gasteiger partial charge < -0.3 is 5.73 Å². The van der Waals surface area contributed by atoms with Crippen molar-refractivity contribution in [2.75, 3.05) is 39.3 Å². The van der Waals surface area contributed by atoms with E-state index >= 15 is 0 Å². The predicted octanol–water partition coefficient (Wildman–Crippen LogP) is 0.658. The van der Waals surface area contributed by atoms with Crippen molar-refractivity contribution >= 4 is 0 Å². The van der Waals surface area contributed by atoms with E-state index in [0.717, 1.165) is 19.4 Å². The van der Waals surface area contributed by atoms with Gasteiger partial charge in [0, 0.05) is 38.3 Å². The molecule has 0 bridgehead atoms. The van der Waals surface area contributed by atoms with E-state index < -0.39 is 12.7 Å². The van der Waals surface area contributed by atoms with Crippen LogP contribution in [0.3, 0.4) is 0 Å². The van der Waals surface area contributed by atoms with Crippen LogP contribution < -0.4 is 5.73 Å². The third-order valence-electron chi connectivity index (χ3n) is 3.30. The molecule has 2 fully saturated rings. The van der Waals surface area contributed by atoms with Crippen molar-refractivity contribution in [3.63, 3.8) is 0 Å². The largest absolute Gasteiger partial charge is 0.401 e. The maximum atomic E-state index is 12.1. The topological polar surface area (TPSA) is 32.5 Å². The Bertz CT molecular complexity index is 227. The maximum Gasteiger partial charge on any atom is 0.401 e. The van der Waals surface area contributed by atoms with E-state index in [-0.39, 0.29) is 5.54 Å². The molecule has 1 aliphatic carbocycles. The zero-order valence-electron chi connectivity index (χ0n) is 9.26. The number of nitrogens with zero attached hydrogens (tertiary/aromatic N) is 2. The molecule has 0 radical (unpaired) electrons. The van der Waals surface area contributed by atoms with Crippen LogP contribution in [0.1, 0.15) is 12.8 Å². The van der Waals surface area contributed by atoms with Gasteiger partial charge in [-0.25, -0.2) is 0 Å². The normalized spacial score (nSPS) is 27.0. The van der Waals surface area contributed by atoms with E-state index in [1.807, 2.05) is 0 Å². The summed E-state index contributed by atoms with van der Waals surface area (Å²) in [5.74, 6) is 0. The van der Waals surface area contributed by atoms with Crippen LogP contribution in [0.25, 0.3) is 0 Å². The molecule has 0 amide bonds. The highest BCUT2D eigenvalue weighted by atomic mass is 19.4. The summed E-state index contributed by atoms with van der Waals surface area (Å²) < 4.78 is 36.4. The number of hydrogen-bond donors (Lipinski definition) is 1. The minimum absolute atomic E-state index is 0.0355. The van der Waals surface area contributed by atoms with Gasteiger partial charge in [0.1, 0.15) is 0 Å². The Morgan fingerprint density at radius 3 is 1.94 bits per heavy atom. The van der Waals surface area contributed by atoms with Crippen LogP contribution >= 0.6 is 0 Å². The first-order chi connectivity index (χ1) is 7.36. The summed E-state index contributed by atoms with van der Waals surface area (Å²) in [6.45, 7) is 2.46. The Balaban J connectivity index is 1.70. The van der Waals surface area contributed by atoms with Crippen molar-refractivity contribution in [2.24, 2.45) is 5.73 Å². The molecule has 2 aliphatic rings. The molecule has 0 spiro atoms. The quantitative estimate of drug-likeness (QED) is 0.782. The predicted molar refractivity (Wildman–Crippen MR) is 55.1 cm³/mol. The van der Waals surface area contributed by atoms with Crippen LogP contribution in [-0.4, -0.2) is 60.8 Å². The highest BCUT2D eigenvalue weighted by Gasteiger charge is 2.40. The van der Waals surface area contributed by atoms with Gasteiger partial charge in [0.25, 0.3) is 0 Å². The van der Waals surface area contributed by atoms with Crippen molar-refractivity contribution in [1.82, 2.24) is 9.80 Å². The molecule has 0 aromatic rings. The van der Waals surface area contributed by atoms with Crippen molar-refractivity contribution in [1.29, 1.82) is 0 Å². The number of rotatable bonds is 3. The number of piperazine rings is 1. The van der Waals surface area contributed by atoms with Gasteiger partial charge in [0.2, 0.25) is 0 Å². The van der Waals surface area contributed by atoms with Gasteiger partial charge >= 0.3 is 6.18 Å². The Labute approximate surface area is 93.4 Å². The Kier molecular flexibility index (Phi) is 3.16. The molecule has 2 rings (SSSR count). The number of alkyl halides is 3. The maximum absolute atomic E-state index is 12.1. The molecule has 16 heavy (non-hydrogen) atoms. The number of nitrogens with two attached hydrogens (primary N) is 1. The van der Waals surface area contributed by atoms with Crippen LogP contribution in [0.2, 0.25) is 0 Å². The molecule has 0 aromatic carbocycles. The van der Waals surface area contributed by atoms with Crippen LogP contribution in [0.4, 0.5) is 13.2 Å². The van der Waals surface area contributed by atoms with Gasteiger partial charge in [-0.15, -0.1) is 0 Å². The van der Waals surface area contributed by atoms with Gasteiger partial charge in [-0.1, -0.05) is 0 Å². The van der Waals surface area contributed by atoms with Crippen molar-refractivity contribution in [3.05, 3.63) is 0 Å². The summed E-state index contributed by atoms with van der Waals surface area (Å²) in [5.41, 5.74) is 5.94. The number of halogens is 3. The molecule has 2 N–H and O–H groups in total. The zero-order valence-corrected chi connectivity index (χ0v) is 9.26. The Hall–Kier alpha value is -0.330. The smallest absolute Gasteiger partial charge is 0.324 e. The summed E-state index contributed by atoms with van der Waals surface area (Å²) in [4.78, 5) is 3.65. The lowest BCUT2D eigenvalue weighted by molar-refractivity contribution is -0.149. The molecular formula is C10H18F3N3. The molecule has 94 valence electrons. The van der Waals surface area contributed by atoms with E-state index in [9.17, 15) is 13.2 Å². The third kappa shape index (κ3) is 3.61. The fourth-order valence-corrected chi connectivity index (χ4v) is 2.12. The van der Waals surface area contributed by atoms with Gasteiger partial charge in [-0.3, -0.25) is 9.80 Å². The first-order valence-corrected chi connectivity index (χ1v) is 5.67. The molecule has 0 aromatic heterocycles. The Morgan fingerprint density at radius 1 is 1.00 bits per heavy atom. The third-order valence-corrected chi connectivity index (χ3v) is 3.30. The standard InChI is InChI=1S/C10H18F3N3/c11-10(12,13)8-16-5-3-15(4-6-16)7-9(14)1-2-9/h1-8,14H2. The molecule has 0 atom stereocenters. The molecule has 1 heterocycles. The van der Waals surface area contributed by atoms with E-state index in [0.29, 0.717) is 26.2 Å². The van der Waals surface area contributed by atoms with Crippen LogP contribution in [0.5, 0.6) is 0 Å². The number of hydrogen-bond acceptors (Lipinski definition) is 3. The summed E-state index contributed by atoms with van der Waals surface area (Å²) in [6.07, 6.45) is -1.97. The van der Waals surface area contributed by atoms with Crippen molar-refractivity contribution < 1.29 is 13.2 Å². The molecule has 1 saturated carbocycles. The lowest BCUT2D eigenvalue weighted by Crippen LogP contribution is -2.52. The first kappa shape index (κ1) is 12.1. The average Bonchev–Trinajstić information content (AvgIpc) is 2.85. The Morgan fingerprint density at radius 2 is 1.50 bits per heavy atom. The lowest BCUT2D eigenvalue weighted by atomic mass is 10.2. The van der Waals surface area contributed by atoms with E-state index in [1.54, 1.807) is 0 Å². The molecule has 1 saturated heterocycles. The minimum Gasteiger partial charge on any atom is -0.324 e. The highest BCUT2D eigenvalue weighted by Crippen LogP contribution is 2.33. The zero-order chi connectivity index (χ0) is 11.8. The van der Waals surface area contributed by atoms with Gasteiger partial charge in [-0.2, -0.15) is 13.2 Å². The molecule has 3 nitrogen and oxygen atoms in total. The molecule has 0 unspecified atom stereocenters. The average molecular weight is 237 g/mol.